The molecule has 0 unspecified atom stereocenters. The van der Waals surface area contributed by atoms with Gasteiger partial charge in [0.25, 0.3) is 8.32 Å². The zero-order chi connectivity index (χ0) is 28.8. The van der Waals surface area contributed by atoms with Crippen LogP contribution in [0.3, 0.4) is 0 Å². The van der Waals surface area contributed by atoms with E-state index in [0.717, 1.165) is 20.8 Å². The van der Waals surface area contributed by atoms with Gasteiger partial charge in [0.2, 0.25) is 11.8 Å². The van der Waals surface area contributed by atoms with E-state index < -0.39 is 37.8 Å². The summed E-state index contributed by atoms with van der Waals surface area (Å²) in [6.45, 7) is 6.45. The molecule has 3 aromatic rings. The van der Waals surface area contributed by atoms with Crippen LogP contribution in [0.4, 0.5) is 4.79 Å². The maximum Gasteiger partial charge on any atom is 0.409 e. The highest BCUT2D eigenvalue weighted by Crippen LogP contribution is 2.37. The molecule has 0 spiro atoms. The molecule has 1 fully saturated rings. The Bertz CT molecular complexity index is 1250. The van der Waals surface area contributed by atoms with Gasteiger partial charge in [0.05, 0.1) is 12.0 Å². The number of alkyl halides is 1. The highest BCUT2D eigenvalue weighted by Gasteiger charge is 2.51. The van der Waals surface area contributed by atoms with Crippen LogP contribution in [0.25, 0.3) is 0 Å². The van der Waals surface area contributed by atoms with Crippen molar-refractivity contribution in [2.45, 2.75) is 56.8 Å². The Kier molecular flexibility index (Phi) is 9.45. The number of carbonyl (C=O) groups excluding carboxylic acids is 3. The number of amides is 3. The van der Waals surface area contributed by atoms with Crippen LogP contribution in [0.1, 0.15) is 39.2 Å². The Morgan fingerprint density at radius 2 is 1.35 bits per heavy atom. The van der Waals surface area contributed by atoms with Crippen molar-refractivity contribution >= 4 is 48.2 Å². The molecule has 1 N–H and O–H groups in total. The molecule has 3 amide bonds. The fourth-order valence-corrected chi connectivity index (χ4v) is 10.1. The van der Waals surface area contributed by atoms with Crippen molar-refractivity contribution in [1.82, 2.24) is 10.2 Å². The number of likely N-dealkylation sites (tertiary alicyclic amines) is 1. The van der Waals surface area contributed by atoms with Crippen LogP contribution in [-0.4, -0.2) is 49.3 Å². The van der Waals surface area contributed by atoms with Gasteiger partial charge < -0.3 is 9.16 Å². The molecule has 0 saturated carbocycles. The predicted molar refractivity (Wildman–Crippen MR) is 158 cm³/mol. The molecular formula is C31H35ClN2O5Si. The average molecular weight is 579 g/mol. The average Bonchev–Trinajstić information content (AvgIpc) is 3.29. The Morgan fingerprint density at radius 3 is 1.82 bits per heavy atom. The Balaban J connectivity index is 1.61. The van der Waals surface area contributed by atoms with Gasteiger partial charge in [-0.15, -0.1) is 11.6 Å². The second kappa shape index (κ2) is 12.8. The zero-order valence-electron chi connectivity index (χ0n) is 23.0. The number of hydrogen-bond donors (Lipinski definition) is 1. The third-order valence-corrected chi connectivity index (χ3v) is 12.4. The molecule has 0 radical (unpaired) electrons. The SMILES string of the molecule is CC(C)(C)[Si](OC[C@@H](Cl)[C@@H](NC(=O)OCc1ccccc1)N1C(=O)CCC1=O)(c1ccccc1)c1ccccc1. The second-order valence-electron chi connectivity index (χ2n) is 10.8. The quantitative estimate of drug-likeness (QED) is 0.216. The van der Waals surface area contributed by atoms with Crippen molar-refractivity contribution in [3.05, 3.63) is 96.6 Å². The second-order valence-corrected chi connectivity index (χ2v) is 15.7. The third-order valence-electron chi connectivity index (χ3n) is 7.07. The molecule has 4 rings (SSSR count). The predicted octanol–water partition coefficient (Wildman–Crippen LogP) is 4.57. The van der Waals surface area contributed by atoms with Crippen LogP contribution in [0.15, 0.2) is 91.0 Å². The number of rotatable bonds is 10. The van der Waals surface area contributed by atoms with Gasteiger partial charge in [-0.2, -0.15) is 0 Å². The summed E-state index contributed by atoms with van der Waals surface area (Å²) in [4.78, 5) is 39.3. The summed E-state index contributed by atoms with van der Waals surface area (Å²) in [7, 11) is -2.95. The molecule has 1 saturated heterocycles. The molecule has 0 aromatic heterocycles. The monoisotopic (exact) mass is 578 g/mol. The van der Waals surface area contributed by atoms with E-state index in [4.69, 9.17) is 20.8 Å². The fraction of sp³-hybridized carbons (Fsp3) is 0.323. The Morgan fingerprint density at radius 1 is 0.875 bits per heavy atom. The van der Waals surface area contributed by atoms with Gasteiger partial charge in [-0.3, -0.25) is 19.8 Å². The smallest absolute Gasteiger partial charge is 0.409 e. The summed E-state index contributed by atoms with van der Waals surface area (Å²) in [5, 5.41) is 3.57. The molecule has 2 atom stereocenters. The van der Waals surface area contributed by atoms with Gasteiger partial charge in [0, 0.05) is 12.8 Å². The fourth-order valence-electron chi connectivity index (χ4n) is 5.16. The van der Waals surface area contributed by atoms with Crippen LogP contribution < -0.4 is 15.7 Å². The highest BCUT2D eigenvalue weighted by molar-refractivity contribution is 6.99. The first-order valence-electron chi connectivity index (χ1n) is 13.3. The normalized spacial score (nSPS) is 15.6. The molecule has 1 aliphatic rings. The zero-order valence-corrected chi connectivity index (χ0v) is 24.8. The molecule has 9 heteroatoms. The van der Waals surface area contributed by atoms with Crippen molar-refractivity contribution < 1.29 is 23.5 Å². The van der Waals surface area contributed by atoms with E-state index in [9.17, 15) is 14.4 Å². The maximum atomic E-state index is 12.8. The van der Waals surface area contributed by atoms with Gasteiger partial charge in [0.1, 0.15) is 12.8 Å². The van der Waals surface area contributed by atoms with Crippen LogP contribution in [0.2, 0.25) is 5.04 Å². The lowest BCUT2D eigenvalue weighted by Gasteiger charge is -2.44. The van der Waals surface area contributed by atoms with Crippen molar-refractivity contribution in [2.75, 3.05) is 6.61 Å². The van der Waals surface area contributed by atoms with Crippen LogP contribution in [-0.2, 0) is 25.4 Å². The molecule has 1 aliphatic heterocycles. The van der Waals surface area contributed by atoms with Crippen LogP contribution >= 0.6 is 11.6 Å². The highest BCUT2D eigenvalue weighted by atomic mass is 35.5. The van der Waals surface area contributed by atoms with E-state index in [2.05, 4.69) is 50.4 Å². The topological polar surface area (TPSA) is 84.9 Å². The van der Waals surface area contributed by atoms with Crippen molar-refractivity contribution in [3.63, 3.8) is 0 Å². The third kappa shape index (κ3) is 6.46. The van der Waals surface area contributed by atoms with Crippen molar-refractivity contribution in [3.8, 4) is 0 Å². The molecule has 1 heterocycles. The van der Waals surface area contributed by atoms with E-state index in [1.54, 1.807) is 0 Å². The van der Waals surface area contributed by atoms with Crippen LogP contribution in [0.5, 0.6) is 0 Å². The van der Waals surface area contributed by atoms with Crippen molar-refractivity contribution in [2.24, 2.45) is 0 Å². The van der Waals surface area contributed by atoms with E-state index in [1.807, 2.05) is 66.7 Å². The summed E-state index contributed by atoms with van der Waals surface area (Å²) >= 11 is 6.93. The van der Waals surface area contributed by atoms with Gasteiger partial charge in [-0.25, -0.2) is 4.79 Å². The lowest BCUT2D eigenvalue weighted by atomic mass is 10.2. The molecule has 0 aliphatic carbocycles. The summed E-state index contributed by atoms with van der Waals surface area (Å²) in [6, 6.07) is 29.4. The molecule has 3 aromatic carbocycles. The first-order chi connectivity index (χ1) is 19.1. The number of ether oxygens (including phenoxy) is 1. The van der Waals surface area contributed by atoms with E-state index in [-0.39, 0.29) is 31.1 Å². The lowest BCUT2D eigenvalue weighted by molar-refractivity contribution is -0.141. The van der Waals surface area contributed by atoms with E-state index >= 15 is 0 Å². The number of nitrogens with one attached hydrogen (secondary N) is 1. The first-order valence-corrected chi connectivity index (χ1v) is 15.7. The lowest BCUT2D eigenvalue weighted by Crippen LogP contribution is -2.67. The number of carbonyl (C=O) groups is 3. The summed E-state index contributed by atoms with van der Waals surface area (Å²) in [6.07, 6.45) is -1.78. The minimum atomic E-state index is -2.95. The van der Waals surface area contributed by atoms with Gasteiger partial charge in [0.15, 0.2) is 0 Å². The Labute approximate surface area is 241 Å². The van der Waals surface area contributed by atoms with E-state index in [0.29, 0.717) is 0 Å². The summed E-state index contributed by atoms with van der Waals surface area (Å²) in [5.74, 6) is -0.788. The van der Waals surface area contributed by atoms with Crippen molar-refractivity contribution in [1.29, 1.82) is 0 Å². The summed E-state index contributed by atoms with van der Waals surface area (Å²) < 4.78 is 12.3. The van der Waals surface area contributed by atoms with Crippen LogP contribution in [0, 0.1) is 0 Å². The number of benzene rings is 3. The number of imide groups is 1. The standard InChI is InChI=1S/C31H35ClN2O5Si/c1-31(2,3)40(24-15-9-5-10-16-24,25-17-11-6-12-18-25)39-22-26(32)29(34-27(35)19-20-28(34)36)33-30(37)38-21-23-13-7-4-8-14-23/h4-18,26,29H,19-22H2,1-3H3,(H,33,37)/t26-,29+/m1/s1. The minimum Gasteiger partial charge on any atom is -0.445 e. The molecular weight excluding hydrogens is 544 g/mol. The number of nitrogens with zero attached hydrogens (tertiary/aromatic N) is 1. The van der Waals surface area contributed by atoms with Gasteiger partial charge in [-0.1, -0.05) is 112 Å². The maximum absolute atomic E-state index is 12.8. The van der Waals surface area contributed by atoms with E-state index in [1.165, 1.54) is 0 Å². The van der Waals surface area contributed by atoms with Gasteiger partial charge >= 0.3 is 6.09 Å². The number of hydrogen-bond acceptors (Lipinski definition) is 5. The summed E-state index contributed by atoms with van der Waals surface area (Å²) in [5.41, 5.74) is 0.806. The Hall–Kier alpha value is -3.46. The van der Waals surface area contributed by atoms with Gasteiger partial charge in [-0.05, 0) is 21.0 Å². The largest absolute Gasteiger partial charge is 0.445 e. The first kappa shape index (κ1) is 29.5. The number of alkyl carbamates (subject to hydrolysis) is 1. The molecule has 0 bridgehead atoms. The molecule has 40 heavy (non-hydrogen) atoms. The number of halogens is 1. The minimum absolute atomic E-state index is 0.0183. The molecule has 7 nitrogen and oxygen atoms in total. The molecule has 210 valence electrons.